The number of benzene rings is 1. The van der Waals surface area contributed by atoms with Crippen molar-refractivity contribution in [2.45, 2.75) is 12.5 Å². The number of aromatic nitrogens is 1. The van der Waals surface area contributed by atoms with Crippen LogP contribution in [0.4, 0.5) is 0 Å². The van der Waals surface area contributed by atoms with Crippen LogP contribution in [-0.2, 0) is 7.05 Å². The van der Waals surface area contributed by atoms with E-state index >= 15 is 0 Å². The number of carbonyl (C=O) groups is 1. The van der Waals surface area contributed by atoms with Crippen LogP contribution >= 0.6 is 0 Å². The normalized spacial score (nSPS) is 12.5. The summed E-state index contributed by atoms with van der Waals surface area (Å²) >= 11 is 0. The first kappa shape index (κ1) is 14.4. The number of amides is 1. The summed E-state index contributed by atoms with van der Waals surface area (Å²) in [4.78, 5) is 12.1. The third-order valence-electron chi connectivity index (χ3n) is 3.68. The highest BCUT2D eigenvalue weighted by Gasteiger charge is 2.14. The van der Waals surface area contributed by atoms with Crippen molar-refractivity contribution >= 4 is 16.9 Å². The highest BCUT2D eigenvalue weighted by molar-refractivity contribution is 5.96. The lowest BCUT2D eigenvalue weighted by atomic mass is 10.2. The maximum absolute atomic E-state index is 12.1. The Kier molecular flexibility index (Phi) is 3.98. The first-order valence-corrected chi connectivity index (χ1v) is 7.21. The molecule has 0 fully saturated rings. The van der Waals surface area contributed by atoms with E-state index < -0.39 is 6.10 Å². The molecular formula is C17H18N2O3. The summed E-state index contributed by atoms with van der Waals surface area (Å²) in [6.07, 6.45) is 1.73. The first-order valence-electron chi connectivity index (χ1n) is 7.21. The molecule has 2 N–H and O–H groups in total. The van der Waals surface area contributed by atoms with Gasteiger partial charge in [0.15, 0.2) is 5.76 Å². The lowest BCUT2D eigenvalue weighted by molar-refractivity contribution is 0.0916. The van der Waals surface area contributed by atoms with Crippen LogP contribution < -0.4 is 5.32 Å². The van der Waals surface area contributed by atoms with Crippen LogP contribution in [-0.4, -0.2) is 22.1 Å². The van der Waals surface area contributed by atoms with Gasteiger partial charge in [-0.05, 0) is 30.7 Å². The third-order valence-corrected chi connectivity index (χ3v) is 3.68. The molecule has 3 rings (SSSR count). The number of rotatable bonds is 5. The summed E-state index contributed by atoms with van der Waals surface area (Å²) < 4.78 is 7.37. The molecule has 0 aliphatic rings. The van der Waals surface area contributed by atoms with Crippen molar-refractivity contribution in [2.24, 2.45) is 7.05 Å². The fraction of sp³-hybridized carbons (Fsp3) is 0.235. The number of carbonyl (C=O) groups excluding carboxylic acids is 1. The molecule has 5 heteroatoms. The van der Waals surface area contributed by atoms with E-state index in [0.29, 0.717) is 18.5 Å². The average molecular weight is 298 g/mol. The first-order chi connectivity index (χ1) is 10.6. The van der Waals surface area contributed by atoms with Crippen molar-refractivity contribution in [1.29, 1.82) is 0 Å². The van der Waals surface area contributed by atoms with E-state index in [0.717, 1.165) is 11.1 Å². The number of hydrogen-bond acceptors (Lipinski definition) is 3. The van der Waals surface area contributed by atoms with E-state index in [-0.39, 0.29) is 11.7 Å². The van der Waals surface area contributed by atoms with E-state index in [1.54, 1.807) is 6.07 Å². The van der Waals surface area contributed by atoms with Crippen LogP contribution in [0.1, 0.15) is 28.8 Å². The number of para-hydroxylation sites is 1. The highest BCUT2D eigenvalue weighted by Crippen LogP contribution is 2.19. The molecule has 2 heterocycles. The zero-order valence-corrected chi connectivity index (χ0v) is 12.3. The number of nitrogens with zero attached hydrogens (tertiary/aromatic N) is 1. The Bertz CT molecular complexity index is 755. The summed E-state index contributed by atoms with van der Waals surface area (Å²) in [6, 6.07) is 13.0. The minimum absolute atomic E-state index is 0.268. The average Bonchev–Trinajstić information content (AvgIpc) is 3.12. The van der Waals surface area contributed by atoms with E-state index in [9.17, 15) is 9.90 Å². The fourth-order valence-electron chi connectivity index (χ4n) is 2.47. The summed E-state index contributed by atoms with van der Waals surface area (Å²) in [5, 5.41) is 13.8. The molecular weight excluding hydrogens is 280 g/mol. The molecule has 0 spiro atoms. The van der Waals surface area contributed by atoms with Crippen LogP contribution in [0.3, 0.4) is 0 Å². The van der Waals surface area contributed by atoms with Gasteiger partial charge in [-0.1, -0.05) is 18.2 Å². The predicted octanol–water partition coefficient (Wildman–Crippen LogP) is 2.62. The van der Waals surface area contributed by atoms with Gasteiger partial charge in [0.2, 0.25) is 0 Å². The molecule has 0 saturated heterocycles. The molecule has 0 saturated carbocycles. The SMILES string of the molecule is Cn1cccc1[C@H](O)CCNC(=O)c1cc2ccccc2o1. The number of furan rings is 1. The van der Waals surface area contributed by atoms with Crippen LogP contribution in [0.15, 0.2) is 53.1 Å². The minimum atomic E-state index is -0.601. The molecule has 1 aromatic carbocycles. The summed E-state index contributed by atoms with van der Waals surface area (Å²) in [5.41, 5.74) is 1.52. The lowest BCUT2D eigenvalue weighted by Gasteiger charge is -2.12. The Morgan fingerprint density at radius 3 is 2.86 bits per heavy atom. The summed E-state index contributed by atoms with van der Waals surface area (Å²) in [6.45, 7) is 0.377. The highest BCUT2D eigenvalue weighted by atomic mass is 16.3. The van der Waals surface area contributed by atoms with Gasteiger partial charge in [-0.2, -0.15) is 0 Å². The molecule has 0 radical (unpaired) electrons. The molecule has 22 heavy (non-hydrogen) atoms. The van der Waals surface area contributed by atoms with E-state index in [1.807, 2.05) is 54.2 Å². The van der Waals surface area contributed by atoms with Crippen LogP contribution in [0, 0.1) is 0 Å². The molecule has 0 aliphatic heterocycles. The van der Waals surface area contributed by atoms with Gasteiger partial charge in [0.25, 0.3) is 5.91 Å². The molecule has 1 atom stereocenters. The number of fused-ring (bicyclic) bond motifs is 1. The zero-order chi connectivity index (χ0) is 15.5. The number of hydrogen-bond donors (Lipinski definition) is 2. The number of aliphatic hydroxyl groups is 1. The van der Waals surface area contributed by atoms with Crippen LogP contribution in [0.2, 0.25) is 0 Å². The lowest BCUT2D eigenvalue weighted by Crippen LogP contribution is -2.25. The second kappa shape index (κ2) is 6.07. The second-order valence-corrected chi connectivity index (χ2v) is 5.25. The predicted molar refractivity (Wildman–Crippen MR) is 83.5 cm³/mol. The Hall–Kier alpha value is -2.53. The molecule has 0 aliphatic carbocycles. The van der Waals surface area contributed by atoms with Gasteiger partial charge in [0.1, 0.15) is 5.58 Å². The quantitative estimate of drug-likeness (QED) is 0.761. The minimum Gasteiger partial charge on any atom is -0.451 e. The number of aliphatic hydroxyl groups excluding tert-OH is 1. The van der Waals surface area contributed by atoms with E-state index in [1.165, 1.54) is 0 Å². The van der Waals surface area contributed by atoms with Gasteiger partial charge in [-0.3, -0.25) is 4.79 Å². The molecule has 0 bridgehead atoms. The summed E-state index contributed by atoms with van der Waals surface area (Å²) in [7, 11) is 1.88. The Labute approximate surface area is 128 Å². The molecule has 1 amide bonds. The Morgan fingerprint density at radius 2 is 2.14 bits per heavy atom. The fourth-order valence-corrected chi connectivity index (χ4v) is 2.47. The topological polar surface area (TPSA) is 67.4 Å². The molecule has 2 aromatic heterocycles. The third kappa shape index (κ3) is 2.89. The van der Waals surface area contributed by atoms with Crippen molar-refractivity contribution < 1.29 is 14.3 Å². The van der Waals surface area contributed by atoms with Gasteiger partial charge in [0, 0.05) is 30.9 Å². The van der Waals surface area contributed by atoms with Crippen molar-refractivity contribution in [3.8, 4) is 0 Å². The van der Waals surface area contributed by atoms with E-state index in [4.69, 9.17) is 4.42 Å². The van der Waals surface area contributed by atoms with Gasteiger partial charge in [-0.15, -0.1) is 0 Å². The second-order valence-electron chi connectivity index (χ2n) is 5.25. The van der Waals surface area contributed by atoms with Gasteiger partial charge in [0.05, 0.1) is 6.10 Å². The van der Waals surface area contributed by atoms with Crippen molar-refractivity contribution in [1.82, 2.24) is 9.88 Å². The van der Waals surface area contributed by atoms with E-state index in [2.05, 4.69) is 5.32 Å². The largest absolute Gasteiger partial charge is 0.451 e. The maximum atomic E-state index is 12.1. The molecule has 0 unspecified atom stereocenters. The standard InChI is InChI=1S/C17H18N2O3/c1-19-10-4-6-13(19)14(20)8-9-18-17(21)16-11-12-5-2-3-7-15(12)22-16/h2-7,10-11,14,20H,8-9H2,1H3,(H,18,21)/t14-/m1/s1. The van der Waals surface area contributed by atoms with Crippen molar-refractivity contribution in [3.05, 3.63) is 60.1 Å². The van der Waals surface area contributed by atoms with Crippen LogP contribution in [0.25, 0.3) is 11.0 Å². The number of nitrogens with one attached hydrogen (secondary N) is 1. The zero-order valence-electron chi connectivity index (χ0n) is 12.3. The van der Waals surface area contributed by atoms with Gasteiger partial charge in [-0.25, -0.2) is 0 Å². The van der Waals surface area contributed by atoms with Crippen molar-refractivity contribution in [2.75, 3.05) is 6.54 Å². The Morgan fingerprint density at radius 1 is 1.32 bits per heavy atom. The molecule has 3 aromatic rings. The Balaban J connectivity index is 1.57. The molecule has 5 nitrogen and oxygen atoms in total. The molecule has 114 valence electrons. The van der Waals surface area contributed by atoms with Crippen LogP contribution in [0.5, 0.6) is 0 Å². The monoisotopic (exact) mass is 298 g/mol. The number of aryl methyl sites for hydroxylation is 1. The smallest absolute Gasteiger partial charge is 0.287 e. The van der Waals surface area contributed by atoms with Crippen molar-refractivity contribution in [3.63, 3.8) is 0 Å². The summed E-state index contributed by atoms with van der Waals surface area (Å²) in [5.74, 6) is 0.0184. The maximum Gasteiger partial charge on any atom is 0.287 e. The van der Waals surface area contributed by atoms with Gasteiger partial charge >= 0.3 is 0 Å². The van der Waals surface area contributed by atoms with Gasteiger partial charge < -0.3 is 19.4 Å².